The van der Waals surface area contributed by atoms with E-state index in [2.05, 4.69) is 5.43 Å². The van der Waals surface area contributed by atoms with Crippen molar-refractivity contribution >= 4 is 64.1 Å². The molecule has 0 bridgehead atoms. The number of thiophene rings is 1. The first-order valence-corrected chi connectivity index (χ1v) is 10.5. The van der Waals surface area contributed by atoms with Gasteiger partial charge in [-0.05, 0) is 61.0 Å². The van der Waals surface area contributed by atoms with Gasteiger partial charge in [-0.1, -0.05) is 23.2 Å². The minimum Gasteiger partial charge on any atom is -0.277 e. The molecule has 2 aromatic carbocycles. The van der Waals surface area contributed by atoms with E-state index >= 15 is 0 Å². The SMILES string of the molecule is Cc1cc(N(C=O)NCc2ccc(Cl)s2)ccc1N1C(=O)c2ccc(Cl)cc2C1=O. The number of fused-ring (bicyclic) bond motifs is 1. The summed E-state index contributed by atoms with van der Waals surface area (Å²) in [5, 5.41) is 1.73. The van der Waals surface area contributed by atoms with Crippen LogP contribution in [0.25, 0.3) is 0 Å². The number of hydrazine groups is 1. The van der Waals surface area contributed by atoms with Crippen molar-refractivity contribution in [1.82, 2.24) is 5.43 Å². The standard InChI is InChI=1S/C21H15Cl2N3O3S/c1-12-8-14(25(11-27)24-10-15-4-7-19(23)30-15)3-6-18(12)26-20(28)16-5-2-13(22)9-17(16)21(26)29/h2-9,11,24H,10H2,1H3. The van der Waals surface area contributed by atoms with Crippen LogP contribution >= 0.6 is 34.5 Å². The van der Waals surface area contributed by atoms with Gasteiger partial charge >= 0.3 is 0 Å². The number of aryl methyl sites for hydroxylation is 1. The zero-order chi connectivity index (χ0) is 21.4. The van der Waals surface area contributed by atoms with Crippen LogP contribution in [0, 0.1) is 6.92 Å². The first kappa shape index (κ1) is 20.6. The van der Waals surface area contributed by atoms with Crippen molar-refractivity contribution < 1.29 is 14.4 Å². The molecule has 4 rings (SSSR count). The fraction of sp³-hybridized carbons (Fsp3) is 0.0952. The first-order valence-electron chi connectivity index (χ1n) is 8.90. The van der Waals surface area contributed by atoms with E-state index in [4.69, 9.17) is 23.2 Å². The topological polar surface area (TPSA) is 69.7 Å². The quantitative estimate of drug-likeness (QED) is 0.325. The summed E-state index contributed by atoms with van der Waals surface area (Å²) in [4.78, 5) is 39.3. The second kappa shape index (κ2) is 8.20. The van der Waals surface area contributed by atoms with Crippen LogP contribution in [-0.4, -0.2) is 18.2 Å². The van der Waals surface area contributed by atoms with Crippen molar-refractivity contribution in [1.29, 1.82) is 0 Å². The zero-order valence-corrected chi connectivity index (χ0v) is 18.0. The molecular weight excluding hydrogens is 445 g/mol. The Hall–Kier alpha value is -2.71. The van der Waals surface area contributed by atoms with Crippen LogP contribution in [0.4, 0.5) is 11.4 Å². The molecule has 0 saturated carbocycles. The number of hydrogen-bond acceptors (Lipinski definition) is 5. The van der Waals surface area contributed by atoms with Crippen LogP contribution in [0.2, 0.25) is 9.36 Å². The highest BCUT2D eigenvalue weighted by atomic mass is 35.5. The molecule has 0 radical (unpaired) electrons. The molecule has 1 aliphatic rings. The third-order valence-electron chi connectivity index (χ3n) is 4.71. The number of anilines is 2. The molecule has 1 aromatic heterocycles. The highest BCUT2D eigenvalue weighted by molar-refractivity contribution is 7.16. The summed E-state index contributed by atoms with van der Waals surface area (Å²) >= 11 is 13.3. The molecule has 0 saturated heterocycles. The lowest BCUT2D eigenvalue weighted by atomic mass is 10.1. The van der Waals surface area contributed by atoms with Gasteiger partial charge in [-0.2, -0.15) is 0 Å². The van der Waals surface area contributed by atoms with Gasteiger partial charge in [0.05, 0.1) is 33.4 Å². The fourth-order valence-corrected chi connectivity index (χ4v) is 4.46. The largest absolute Gasteiger partial charge is 0.277 e. The molecule has 0 atom stereocenters. The van der Waals surface area contributed by atoms with Crippen molar-refractivity contribution in [2.45, 2.75) is 13.5 Å². The highest BCUT2D eigenvalue weighted by Crippen LogP contribution is 2.33. The summed E-state index contributed by atoms with van der Waals surface area (Å²) in [7, 11) is 0. The molecular formula is C21H15Cl2N3O3S. The number of imide groups is 1. The molecule has 1 aliphatic heterocycles. The molecule has 3 amide bonds. The maximum atomic E-state index is 12.8. The minimum absolute atomic E-state index is 0.279. The Morgan fingerprint density at radius 2 is 1.80 bits per heavy atom. The van der Waals surface area contributed by atoms with E-state index < -0.39 is 11.8 Å². The molecule has 3 aromatic rings. The molecule has 0 fully saturated rings. The fourth-order valence-electron chi connectivity index (χ4n) is 3.27. The highest BCUT2D eigenvalue weighted by Gasteiger charge is 2.37. The monoisotopic (exact) mass is 459 g/mol. The molecule has 152 valence electrons. The predicted octanol–water partition coefficient (Wildman–Crippen LogP) is 4.83. The van der Waals surface area contributed by atoms with Crippen LogP contribution < -0.4 is 15.3 Å². The van der Waals surface area contributed by atoms with Gasteiger partial charge in [-0.25, -0.2) is 15.3 Å². The molecule has 0 unspecified atom stereocenters. The second-order valence-corrected chi connectivity index (χ2v) is 8.86. The van der Waals surface area contributed by atoms with Gasteiger partial charge in [0.25, 0.3) is 11.8 Å². The third kappa shape index (κ3) is 3.73. The smallest absolute Gasteiger partial charge is 0.266 e. The van der Waals surface area contributed by atoms with E-state index in [1.165, 1.54) is 22.4 Å². The molecule has 9 heteroatoms. The van der Waals surface area contributed by atoms with Gasteiger partial charge in [-0.3, -0.25) is 14.4 Å². The van der Waals surface area contributed by atoms with Crippen LogP contribution in [0.1, 0.15) is 31.2 Å². The summed E-state index contributed by atoms with van der Waals surface area (Å²) in [6.07, 6.45) is 0.660. The number of rotatable bonds is 6. The van der Waals surface area contributed by atoms with Gasteiger partial charge < -0.3 is 0 Å². The van der Waals surface area contributed by atoms with Crippen molar-refractivity contribution in [3.63, 3.8) is 0 Å². The van der Waals surface area contributed by atoms with E-state index in [1.54, 1.807) is 43.3 Å². The molecule has 6 nitrogen and oxygen atoms in total. The maximum absolute atomic E-state index is 12.8. The van der Waals surface area contributed by atoms with Gasteiger partial charge in [0.15, 0.2) is 0 Å². The predicted molar refractivity (Wildman–Crippen MR) is 118 cm³/mol. The number of halogens is 2. The minimum atomic E-state index is -0.423. The second-order valence-electron chi connectivity index (χ2n) is 6.62. The lowest BCUT2D eigenvalue weighted by molar-refractivity contribution is -0.108. The van der Waals surface area contributed by atoms with Crippen LogP contribution in [0.3, 0.4) is 0 Å². The van der Waals surface area contributed by atoms with Crippen molar-refractivity contribution in [2.75, 3.05) is 9.91 Å². The van der Waals surface area contributed by atoms with E-state index in [0.717, 1.165) is 9.78 Å². The maximum Gasteiger partial charge on any atom is 0.266 e. The van der Waals surface area contributed by atoms with E-state index in [9.17, 15) is 14.4 Å². The summed E-state index contributed by atoms with van der Waals surface area (Å²) < 4.78 is 0.673. The van der Waals surface area contributed by atoms with E-state index in [1.807, 2.05) is 6.07 Å². The normalized spacial score (nSPS) is 13.0. The van der Waals surface area contributed by atoms with Crippen LogP contribution in [0.5, 0.6) is 0 Å². The number of nitrogens with zero attached hydrogens (tertiary/aromatic N) is 2. The summed E-state index contributed by atoms with van der Waals surface area (Å²) in [5.74, 6) is -0.823. The van der Waals surface area contributed by atoms with Gasteiger partial charge in [0, 0.05) is 9.90 Å². The third-order valence-corrected chi connectivity index (χ3v) is 6.17. The molecule has 2 heterocycles. The number of benzene rings is 2. The van der Waals surface area contributed by atoms with E-state index in [-0.39, 0.29) is 5.56 Å². The first-order chi connectivity index (χ1) is 14.4. The number of hydrogen-bond donors (Lipinski definition) is 1. The average Bonchev–Trinajstić information content (AvgIpc) is 3.24. The Morgan fingerprint density at radius 1 is 1.03 bits per heavy atom. The Labute approximate surface area is 186 Å². The Balaban J connectivity index is 1.58. The van der Waals surface area contributed by atoms with Gasteiger partial charge in [-0.15, -0.1) is 11.3 Å². The van der Waals surface area contributed by atoms with Crippen LogP contribution in [-0.2, 0) is 11.3 Å². The molecule has 30 heavy (non-hydrogen) atoms. The molecule has 0 spiro atoms. The Bertz CT molecular complexity index is 1180. The van der Waals surface area contributed by atoms with E-state index in [0.29, 0.717) is 44.8 Å². The zero-order valence-electron chi connectivity index (χ0n) is 15.7. The van der Waals surface area contributed by atoms with Crippen molar-refractivity contribution in [3.8, 4) is 0 Å². The Kier molecular flexibility index (Phi) is 5.62. The molecule has 0 aliphatic carbocycles. The summed E-state index contributed by atoms with van der Waals surface area (Å²) in [6.45, 7) is 2.20. The van der Waals surface area contributed by atoms with Crippen LogP contribution in [0.15, 0.2) is 48.5 Å². The number of nitrogens with one attached hydrogen (secondary N) is 1. The average molecular weight is 460 g/mol. The van der Waals surface area contributed by atoms with Gasteiger partial charge in [0.1, 0.15) is 0 Å². The van der Waals surface area contributed by atoms with Crippen molar-refractivity contribution in [2.24, 2.45) is 0 Å². The lowest BCUT2D eigenvalue weighted by Gasteiger charge is -2.22. The van der Waals surface area contributed by atoms with Crippen molar-refractivity contribution in [3.05, 3.63) is 79.5 Å². The lowest BCUT2D eigenvalue weighted by Crippen LogP contribution is -2.36. The summed E-state index contributed by atoms with van der Waals surface area (Å²) in [6, 6.07) is 13.4. The van der Waals surface area contributed by atoms with Gasteiger partial charge in [0.2, 0.25) is 6.41 Å². The number of carbonyl (C=O) groups excluding carboxylic acids is 3. The number of carbonyl (C=O) groups is 3. The molecule has 1 N–H and O–H groups in total. The Morgan fingerprint density at radius 3 is 2.47 bits per heavy atom. The number of amides is 3. The summed E-state index contributed by atoms with van der Waals surface area (Å²) in [5.41, 5.74) is 5.32.